The van der Waals surface area contributed by atoms with Crippen LogP contribution in [0.25, 0.3) is 0 Å². The van der Waals surface area contributed by atoms with Gasteiger partial charge >= 0.3 is 0 Å². The van der Waals surface area contributed by atoms with Gasteiger partial charge in [0.15, 0.2) is 0 Å². The molecule has 1 aromatic heterocycles. The minimum atomic E-state index is -0.472. The fourth-order valence-electron chi connectivity index (χ4n) is 2.68. The van der Waals surface area contributed by atoms with Gasteiger partial charge in [-0.15, -0.1) is 0 Å². The normalized spacial score (nSPS) is 19.0. The van der Waals surface area contributed by atoms with Crippen molar-refractivity contribution < 1.29 is 9.31 Å². The Morgan fingerprint density at radius 3 is 3.05 bits per heavy atom. The molecule has 1 atom stereocenters. The van der Waals surface area contributed by atoms with E-state index in [2.05, 4.69) is 15.0 Å². The van der Waals surface area contributed by atoms with Gasteiger partial charge in [0.1, 0.15) is 18.5 Å². The van der Waals surface area contributed by atoms with Crippen molar-refractivity contribution in [3.8, 4) is 0 Å². The van der Waals surface area contributed by atoms with E-state index in [1.807, 2.05) is 0 Å². The van der Waals surface area contributed by atoms with Crippen LogP contribution in [0, 0.1) is 15.9 Å². The summed E-state index contributed by atoms with van der Waals surface area (Å²) in [6, 6.07) is 3.78. The summed E-state index contributed by atoms with van der Waals surface area (Å²) < 4.78 is 15.1. The van der Waals surface area contributed by atoms with Gasteiger partial charge in [0, 0.05) is 31.3 Å². The second kappa shape index (κ2) is 5.57. The average molecular weight is 291 g/mol. The molecule has 0 saturated carbocycles. The zero-order valence-corrected chi connectivity index (χ0v) is 11.2. The Morgan fingerprint density at radius 1 is 1.48 bits per heavy atom. The second-order valence-electron chi connectivity index (χ2n) is 5.08. The van der Waals surface area contributed by atoms with Crippen molar-refractivity contribution >= 4 is 5.69 Å². The van der Waals surface area contributed by atoms with Crippen LogP contribution in [0.4, 0.5) is 10.1 Å². The average Bonchev–Trinajstić information content (AvgIpc) is 3.08. The third-order valence-corrected chi connectivity index (χ3v) is 3.69. The highest BCUT2D eigenvalue weighted by Gasteiger charge is 2.26. The van der Waals surface area contributed by atoms with Crippen LogP contribution in [0.5, 0.6) is 0 Å². The van der Waals surface area contributed by atoms with Crippen molar-refractivity contribution in [3.05, 3.63) is 52.3 Å². The Morgan fingerprint density at radius 2 is 2.33 bits per heavy atom. The number of hydrogen-bond acceptors (Lipinski definition) is 5. The van der Waals surface area contributed by atoms with E-state index in [0.717, 1.165) is 25.6 Å². The molecule has 1 aliphatic heterocycles. The molecule has 1 saturated heterocycles. The van der Waals surface area contributed by atoms with Gasteiger partial charge < -0.3 is 0 Å². The first kappa shape index (κ1) is 13.6. The Balaban J connectivity index is 1.73. The molecule has 110 valence electrons. The van der Waals surface area contributed by atoms with Crippen LogP contribution >= 0.6 is 0 Å². The van der Waals surface area contributed by atoms with Gasteiger partial charge in [-0.1, -0.05) is 0 Å². The van der Waals surface area contributed by atoms with Crippen LogP contribution in [0.1, 0.15) is 18.0 Å². The summed E-state index contributed by atoms with van der Waals surface area (Å²) in [5, 5.41) is 15.1. The monoisotopic (exact) mass is 291 g/mol. The predicted molar refractivity (Wildman–Crippen MR) is 72.0 cm³/mol. The standard InChI is InChI=1S/C13H14FN5O2/c14-11-1-2-13(19(20)21)10(5-11)6-17-4-3-12(7-17)18-9-15-8-16-18/h1-2,5,8-9,12H,3-4,6-7H2. The molecule has 2 aromatic rings. The Kier molecular flexibility index (Phi) is 3.61. The molecule has 0 aliphatic carbocycles. The molecule has 1 fully saturated rings. The quantitative estimate of drug-likeness (QED) is 0.634. The maximum absolute atomic E-state index is 13.3. The number of nitro groups is 1. The highest BCUT2D eigenvalue weighted by atomic mass is 19.1. The molecule has 1 aliphatic rings. The molecular weight excluding hydrogens is 277 g/mol. The molecule has 0 amide bonds. The van der Waals surface area contributed by atoms with Crippen LogP contribution in [0.3, 0.4) is 0 Å². The lowest BCUT2D eigenvalue weighted by Gasteiger charge is -2.16. The van der Waals surface area contributed by atoms with E-state index in [-0.39, 0.29) is 11.7 Å². The van der Waals surface area contributed by atoms with Gasteiger partial charge in [-0.05, 0) is 18.6 Å². The summed E-state index contributed by atoms with van der Waals surface area (Å²) >= 11 is 0. The van der Waals surface area contributed by atoms with E-state index in [0.29, 0.717) is 12.1 Å². The van der Waals surface area contributed by atoms with Crippen molar-refractivity contribution in [3.63, 3.8) is 0 Å². The summed E-state index contributed by atoms with van der Waals surface area (Å²) in [5.41, 5.74) is 0.361. The Labute approximate surface area is 120 Å². The van der Waals surface area contributed by atoms with Gasteiger partial charge in [-0.3, -0.25) is 15.0 Å². The summed E-state index contributed by atoms with van der Waals surface area (Å²) in [6.45, 7) is 1.87. The third-order valence-electron chi connectivity index (χ3n) is 3.69. The minimum Gasteiger partial charge on any atom is -0.297 e. The lowest BCUT2D eigenvalue weighted by atomic mass is 10.1. The van der Waals surface area contributed by atoms with E-state index < -0.39 is 10.7 Å². The molecule has 0 N–H and O–H groups in total. The van der Waals surface area contributed by atoms with E-state index in [1.165, 1.54) is 18.5 Å². The molecule has 8 heteroatoms. The number of aromatic nitrogens is 3. The largest absolute Gasteiger partial charge is 0.297 e. The Bertz CT molecular complexity index is 646. The number of benzene rings is 1. The van der Waals surface area contributed by atoms with Crippen LogP contribution in [0.2, 0.25) is 0 Å². The van der Waals surface area contributed by atoms with Crippen molar-refractivity contribution in [2.75, 3.05) is 13.1 Å². The van der Waals surface area contributed by atoms with Gasteiger partial charge in [0.25, 0.3) is 5.69 Å². The maximum atomic E-state index is 13.3. The molecule has 21 heavy (non-hydrogen) atoms. The summed E-state index contributed by atoms with van der Waals surface area (Å²) in [5.74, 6) is -0.456. The molecule has 0 radical (unpaired) electrons. The molecular formula is C13H14FN5O2. The number of hydrogen-bond donors (Lipinski definition) is 0. The van der Waals surface area contributed by atoms with Gasteiger partial charge in [0.05, 0.1) is 11.0 Å². The minimum absolute atomic E-state index is 0.0411. The number of nitrogens with zero attached hydrogens (tertiary/aromatic N) is 5. The topological polar surface area (TPSA) is 77.1 Å². The van der Waals surface area contributed by atoms with Crippen LogP contribution in [-0.4, -0.2) is 37.7 Å². The van der Waals surface area contributed by atoms with E-state index in [9.17, 15) is 14.5 Å². The number of rotatable bonds is 4. The molecule has 0 spiro atoms. The first-order chi connectivity index (χ1) is 10.1. The second-order valence-corrected chi connectivity index (χ2v) is 5.08. The van der Waals surface area contributed by atoms with Gasteiger partial charge in [0.2, 0.25) is 0 Å². The first-order valence-corrected chi connectivity index (χ1v) is 6.63. The predicted octanol–water partition coefficient (Wildman–Crippen LogP) is 1.77. The molecule has 2 heterocycles. The Hall–Kier alpha value is -2.35. The van der Waals surface area contributed by atoms with Crippen LogP contribution in [-0.2, 0) is 6.54 Å². The van der Waals surface area contributed by atoms with Crippen molar-refractivity contribution in [1.82, 2.24) is 19.7 Å². The zero-order chi connectivity index (χ0) is 14.8. The fraction of sp³-hybridized carbons (Fsp3) is 0.385. The van der Waals surface area contributed by atoms with Crippen molar-refractivity contribution in [1.29, 1.82) is 0 Å². The lowest BCUT2D eigenvalue weighted by Crippen LogP contribution is -2.22. The molecule has 1 aromatic carbocycles. The summed E-state index contributed by atoms with van der Waals surface area (Å²) in [6.07, 6.45) is 4.05. The maximum Gasteiger partial charge on any atom is 0.274 e. The first-order valence-electron chi connectivity index (χ1n) is 6.63. The number of likely N-dealkylation sites (tertiary alicyclic amines) is 1. The fourth-order valence-corrected chi connectivity index (χ4v) is 2.68. The lowest BCUT2D eigenvalue weighted by molar-refractivity contribution is -0.385. The van der Waals surface area contributed by atoms with Crippen molar-refractivity contribution in [2.24, 2.45) is 0 Å². The van der Waals surface area contributed by atoms with E-state index in [4.69, 9.17) is 0 Å². The number of nitro benzene ring substituents is 1. The van der Waals surface area contributed by atoms with Crippen molar-refractivity contribution in [2.45, 2.75) is 19.0 Å². The SMILES string of the molecule is O=[N+]([O-])c1ccc(F)cc1CN1CCC(n2cncn2)C1. The smallest absolute Gasteiger partial charge is 0.274 e. The molecule has 0 bridgehead atoms. The highest BCUT2D eigenvalue weighted by molar-refractivity contribution is 5.40. The van der Waals surface area contributed by atoms with Gasteiger partial charge in [-0.2, -0.15) is 5.10 Å². The number of halogens is 1. The molecule has 7 nitrogen and oxygen atoms in total. The summed E-state index contributed by atoms with van der Waals surface area (Å²) in [4.78, 5) is 16.5. The van der Waals surface area contributed by atoms with Crippen LogP contribution < -0.4 is 0 Å². The summed E-state index contributed by atoms with van der Waals surface area (Å²) in [7, 11) is 0. The van der Waals surface area contributed by atoms with E-state index >= 15 is 0 Å². The third kappa shape index (κ3) is 2.89. The van der Waals surface area contributed by atoms with E-state index in [1.54, 1.807) is 11.0 Å². The van der Waals surface area contributed by atoms with Crippen LogP contribution in [0.15, 0.2) is 30.9 Å². The molecule has 1 unspecified atom stereocenters. The zero-order valence-electron chi connectivity index (χ0n) is 11.2. The highest BCUT2D eigenvalue weighted by Crippen LogP contribution is 2.26. The molecule has 3 rings (SSSR count). The van der Waals surface area contributed by atoms with Gasteiger partial charge in [-0.25, -0.2) is 14.1 Å².